The predicted molar refractivity (Wildman–Crippen MR) is 118 cm³/mol. The summed E-state index contributed by atoms with van der Waals surface area (Å²) in [5.41, 5.74) is 11.8. The van der Waals surface area contributed by atoms with Crippen molar-refractivity contribution in [3.05, 3.63) is 24.3 Å². The van der Waals surface area contributed by atoms with Gasteiger partial charge in [-0.3, -0.25) is 9.98 Å². The van der Waals surface area contributed by atoms with E-state index in [1.807, 2.05) is 0 Å². The lowest BCUT2D eigenvalue weighted by atomic mass is 10.1. The number of nitrogens with one attached hydrogen (secondary N) is 1. The van der Waals surface area contributed by atoms with Crippen LogP contribution in [0.3, 0.4) is 0 Å². The van der Waals surface area contributed by atoms with Crippen molar-refractivity contribution < 1.29 is 25.3 Å². The Labute approximate surface area is 193 Å². The Morgan fingerprint density at radius 2 is 1.82 bits per heavy atom. The summed E-state index contributed by atoms with van der Waals surface area (Å²) in [6.07, 6.45) is 2.10. The molecule has 0 bridgehead atoms. The molecule has 2 fully saturated rings. The van der Waals surface area contributed by atoms with Crippen molar-refractivity contribution in [1.29, 1.82) is 5.41 Å². The van der Waals surface area contributed by atoms with E-state index in [2.05, 4.69) is 24.8 Å². The fraction of sp³-hybridized carbons (Fsp3) is 0.526. The molecule has 0 spiro atoms. The van der Waals surface area contributed by atoms with Gasteiger partial charge in [0.05, 0.1) is 12.9 Å². The lowest BCUT2D eigenvalue weighted by Gasteiger charge is -2.27. The molecular formula is C19H28N10O5. The van der Waals surface area contributed by atoms with Gasteiger partial charge in [-0.15, -0.1) is 4.73 Å². The molecule has 2 aliphatic rings. The first-order chi connectivity index (χ1) is 16.3. The maximum Gasteiger partial charge on any atom is 0.259 e. The van der Waals surface area contributed by atoms with Crippen LogP contribution in [0, 0.1) is 5.41 Å². The molecule has 0 aromatic carbocycles. The van der Waals surface area contributed by atoms with Crippen LogP contribution in [0.1, 0.15) is 25.5 Å². The van der Waals surface area contributed by atoms with Crippen molar-refractivity contribution in [3.8, 4) is 0 Å². The highest BCUT2D eigenvalue weighted by Crippen LogP contribution is 2.31. The first kappa shape index (κ1) is 23.6. The van der Waals surface area contributed by atoms with E-state index in [1.54, 1.807) is 6.07 Å². The average Bonchev–Trinajstić information content (AvgIpc) is 3.40. The van der Waals surface area contributed by atoms with E-state index < -0.39 is 31.1 Å². The van der Waals surface area contributed by atoms with Crippen molar-refractivity contribution >= 4 is 28.6 Å². The zero-order valence-corrected chi connectivity index (χ0v) is 18.3. The lowest BCUT2D eigenvalue weighted by molar-refractivity contribution is -0.0511. The third-order valence-corrected chi connectivity index (χ3v) is 5.80. The van der Waals surface area contributed by atoms with Gasteiger partial charge < -0.3 is 41.6 Å². The Morgan fingerprint density at radius 1 is 1.09 bits per heavy atom. The van der Waals surface area contributed by atoms with E-state index in [0.717, 1.165) is 25.9 Å². The summed E-state index contributed by atoms with van der Waals surface area (Å²) in [6, 6.07) is 1.60. The molecule has 0 saturated carbocycles. The monoisotopic (exact) mass is 476 g/mol. The molecule has 0 aliphatic carbocycles. The van der Waals surface area contributed by atoms with Crippen molar-refractivity contribution in [3.63, 3.8) is 0 Å². The molecule has 15 nitrogen and oxygen atoms in total. The molecule has 2 aliphatic heterocycles. The van der Waals surface area contributed by atoms with Gasteiger partial charge in [0.2, 0.25) is 0 Å². The Kier molecular flexibility index (Phi) is 6.78. The van der Waals surface area contributed by atoms with E-state index in [0.29, 0.717) is 21.7 Å². The molecule has 15 heteroatoms. The Balaban J connectivity index is 0.000000166. The topological polar surface area (TPSA) is 231 Å². The van der Waals surface area contributed by atoms with E-state index in [9.17, 15) is 15.4 Å². The zero-order chi connectivity index (χ0) is 24.4. The molecule has 2 saturated heterocycles. The normalized spacial score (nSPS) is 24.7. The van der Waals surface area contributed by atoms with Gasteiger partial charge in [-0.2, -0.15) is 4.98 Å². The highest BCUT2D eigenvalue weighted by atomic mass is 16.6. The largest absolute Gasteiger partial charge is 0.423 e. The Hall–Kier alpha value is -3.53. The summed E-state index contributed by atoms with van der Waals surface area (Å²) in [7, 11) is 0. The predicted octanol–water partition coefficient (Wildman–Crippen LogP) is -1.81. The summed E-state index contributed by atoms with van der Waals surface area (Å²) in [5, 5.41) is 45.4. The number of nitrogens with two attached hydrogens (primary N) is 2. The van der Waals surface area contributed by atoms with Crippen molar-refractivity contribution in [2.75, 3.05) is 36.1 Å². The number of nitrogen functional groups attached to an aromatic ring is 2. The number of hydrogen-bond acceptors (Lipinski definition) is 13. The van der Waals surface area contributed by atoms with Crippen LogP contribution in [-0.2, 0) is 4.74 Å². The number of rotatable bonds is 3. The van der Waals surface area contributed by atoms with Crippen molar-refractivity contribution in [2.24, 2.45) is 0 Å². The fourth-order valence-electron chi connectivity index (χ4n) is 3.95. The summed E-state index contributed by atoms with van der Waals surface area (Å²) in [5.74, 6) is 1.05. The summed E-state index contributed by atoms with van der Waals surface area (Å²) in [6.45, 7) is 1.50. The van der Waals surface area contributed by atoms with Gasteiger partial charge in [0.15, 0.2) is 17.7 Å². The first-order valence-corrected chi connectivity index (χ1v) is 10.8. The molecule has 9 N–H and O–H groups in total. The second kappa shape index (κ2) is 9.76. The van der Waals surface area contributed by atoms with Crippen LogP contribution in [0.4, 0.5) is 17.5 Å². The summed E-state index contributed by atoms with van der Waals surface area (Å²) < 4.78 is 7.43. The summed E-state index contributed by atoms with van der Waals surface area (Å²) >= 11 is 0. The maximum absolute atomic E-state index is 9.95. The molecule has 184 valence electrons. The van der Waals surface area contributed by atoms with Gasteiger partial charge in [-0.1, -0.05) is 0 Å². The molecule has 0 unspecified atom stereocenters. The molecule has 34 heavy (non-hydrogen) atoms. The van der Waals surface area contributed by atoms with Gasteiger partial charge in [-0.05, 0) is 19.3 Å². The van der Waals surface area contributed by atoms with Crippen LogP contribution >= 0.6 is 0 Å². The molecule has 5 rings (SSSR count). The van der Waals surface area contributed by atoms with E-state index in [4.69, 9.17) is 26.7 Å². The van der Waals surface area contributed by atoms with Crippen LogP contribution in [0.5, 0.6) is 0 Å². The third kappa shape index (κ3) is 4.45. The van der Waals surface area contributed by atoms with Crippen LogP contribution in [-0.4, -0.2) is 87.8 Å². The molecular weight excluding hydrogens is 448 g/mol. The number of imidazole rings is 1. The van der Waals surface area contributed by atoms with Crippen LogP contribution in [0.25, 0.3) is 11.2 Å². The number of fused-ring (bicyclic) bond motifs is 1. The molecule has 0 amide bonds. The van der Waals surface area contributed by atoms with E-state index >= 15 is 0 Å². The fourth-order valence-corrected chi connectivity index (χ4v) is 3.95. The SMILES string of the molecule is N=c1nc(N2CCCCC2)cc(N)n1O.Nc1ncnc2c1ncn2[C@@H]1O[C@H](CO)[C@@H](O)[C@H]1O. The van der Waals surface area contributed by atoms with Gasteiger partial charge in [-0.25, -0.2) is 15.0 Å². The Bertz CT molecular complexity index is 1190. The standard InChI is InChI=1S/C10H13N5O4.C9H15N5O/c11-8-5-9(13-2-12-8)15(3-14-5)10-7(18)6(17)4(1-16)19-10;10-7-6-8(12-9(11)14(7)15)13-4-2-1-3-5-13/h2-4,6-7,10,16-18H,1H2,(H2,11,12,13);6,11,15H,1-5,10H2/t4-,6-,7-,10-;/m1./s1. The second-order valence-corrected chi connectivity index (χ2v) is 8.03. The number of anilines is 3. The van der Waals surface area contributed by atoms with Crippen LogP contribution < -0.4 is 22.0 Å². The van der Waals surface area contributed by atoms with E-state index in [-0.39, 0.29) is 17.3 Å². The molecule has 3 aromatic rings. The number of hydrogen-bond donors (Lipinski definition) is 7. The second-order valence-electron chi connectivity index (χ2n) is 8.03. The van der Waals surface area contributed by atoms with Crippen molar-refractivity contribution in [1.82, 2.24) is 29.2 Å². The molecule has 3 aromatic heterocycles. The summed E-state index contributed by atoms with van der Waals surface area (Å²) in [4.78, 5) is 18.0. The highest BCUT2D eigenvalue weighted by Gasteiger charge is 2.43. The number of aliphatic hydroxyl groups excluding tert-OH is 3. The minimum absolute atomic E-state index is 0.149. The number of aliphatic hydroxyl groups is 3. The van der Waals surface area contributed by atoms with Gasteiger partial charge in [0.1, 0.15) is 41.8 Å². The van der Waals surface area contributed by atoms with Gasteiger partial charge >= 0.3 is 0 Å². The first-order valence-electron chi connectivity index (χ1n) is 10.8. The van der Waals surface area contributed by atoms with Gasteiger partial charge in [0, 0.05) is 19.2 Å². The number of ether oxygens (including phenoxy) is 1. The number of nitrogens with zero attached hydrogens (tertiary/aromatic N) is 7. The number of piperidine rings is 1. The minimum atomic E-state index is -1.19. The van der Waals surface area contributed by atoms with Crippen molar-refractivity contribution in [2.45, 2.75) is 43.8 Å². The third-order valence-electron chi connectivity index (χ3n) is 5.80. The smallest absolute Gasteiger partial charge is 0.259 e. The Morgan fingerprint density at radius 3 is 2.47 bits per heavy atom. The maximum atomic E-state index is 9.95. The molecule has 5 heterocycles. The highest BCUT2D eigenvalue weighted by molar-refractivity contribution is 5.81. The quantitative estimate of drug-likeness (QED) is 0.207. The minimum Gasteiger partial charge on any atom is -0.423 e. The lowest BCUT2D eigenvalue weighted by Crippen LogP contribution is -2.33. The van der Waals surface area contributed by atoms with Crippen LogP contribution in [0.2, 0.25) is 0 Å². The number of aromatic nitrogens is 6. The molecule has 0 radical (unpaired) electrons. The van der Waals surface area contributed by atoms with E-state index in [1.165, 1.54) is 23.6 Å². The van der Waals surface area contributed by atoms with Gasteiger partial charge in [0.25, 0.3) is 5.62 Å². The average molecular weight is 476 g/mol. The molecule has 4 atom stereocenters. The van der Waals surface area contributed by atoms with Crippen LogP contribution in [0.15, 0.2) is 18.7 Å². The zero-order valence-electron chi connectivity index (χ0n) is 18.3.